The summed E-state index contributed by atoms with van der Waals surface area (Å²) in [5.74, 6) is -1.16. The number of aryl methyl sites for hydroxylation is 1. The number of carbonyl (C=O) groups excluding carboxylic acids is 1. The number of ether oxygens (including phenoxy) is 1. The maximum absolute atomic E-state index is 11.1. The van der Waals surface area contributed by atoms with Gasteiger partial charge in [0.15, 0.2) is 4.34 Å². The third kappa shape index (κ3) is 3.49. The van der Waals surface area contributed by atoms with Crippen LogP contribution in [-0.4, -0.2) is 34.4 Å². The minimum atomic E-state index is -0.988. The van der Waals surface area contributed by atoms with Crippen LogP contribution in [-0.2, 0) is 9.53 Å². The first kappa shape index (κ1) is 13.0. The van der Waals surface area contributed by atoms with Crippen LogP contribution in [0.15, 0.2) is 4.34 Å². The van der Waals surface area contributed by atoms with Crippen molar-refractivity contribution < 1.29 is 19.4 Å². The van der Waals surface area contributed by atoms with E-state index < -0.39 is 5.97 Å². The second-order valence-electron chi connectivity index (χ2n) is 2.79. The van der Waals surface area contributed by atoms with Gasteiger partial charge in [-0.05, 0) is 13.8 Å². The van der Waals surface area contributed by atoms with Gasteiger partial charge in [0.2, 0.25) is 0 Å². The standard InChI is InChI=1S/C9H11NO4S2/c1-3-14-6(11)4-15-9-10-5(2)7(16-9)8(12)13/h3-4H2,1-2H3,(H,12,13). The van der Waals surface area contributed by atoms with Crippen LogP contribution in [0.5, 0.6) is 0 Å². The smallest absolute Gasteiger partial charge is 0.347 e. The summed E-state index contributed by atoms with van der Waals surface area (Å²) in [5, 5.41) is 8.81. The second-order valence-corrected chi connectivity index (χ2v) is 5.01. The lowest BCUT2D eigenvalue weighted by molar-refractivity contribution is -0.139. The predicted molar refractivity (Wildman–Crippen MR) is 61.2 cm³/mol. The molecule has 1 aromatic rings. The Hall–Kier alpha value is -1.08. The summed E-state index contributed by atoms with van der Waals surface area (Å²) in [5.41, 5.74) is 0.476. The summed E-state index contributed by atoms with van der Waals surface area (Å²) in [6, 6.07) is 0. The summed E-state index contributed by atoms with van der Waals surface area (Å²) in [4.78, 5) is 26.1. The van der Waals surface area contributed by atoms with Gasteiger partial charge in [-0.1, -0.05) is 11.8 Å². The lowest BCUT2D eigenvalue weighted by Gasteiger charge is -1.98. The molecule has 0 saturated carbocycles. The summed E-state index contributed by atoms with van der Waals surface area (Å²) in [6.07, 6.45) is 0. The number of aromatic carboxylic acids is 1. The van der Waals surface area contributed by atoms with Crippen LogP contribution >= 0.6 is 23.1 Å². The number of carboxylic acid groups (broad SMARTS) is 1. The minimum Gasteiger partial charge on any atom is -0.477 e. The van der Waals surface area contributed by atoms with Gasteiger partial charge in [0, 0.05) is 0 Å². The zero-order valence-electron chi connectivity index (χ0n) is 8.85. The van der Waals surface area contributed by atoms with Crippen LogP contribution in [0.3, 0.4) is 0 Å². The molecule has 1 rings (SSSR count). The highest BCUT2D eigenvalue weighted by atomic mass is 32.2. The fourth-order valence-electron chi connectivity index (χ4n) is 0.955. The van der Waals surface area contributed by atoms with E-state index in [-0.39, 0.29) is 16.6 Å². The second kappa shape index (κ2) is 5.86. The van der Waals surface area contributed by atoms with Gasteiger partial charge >= 0.3 is 11.9 Å². The van der Waals surface area contributed by atoms with Crippen molar-refractivity contribution in [3.05, 3.63) is 10.6 Å². The Morgan fingerprint density at radius 3 is 2.75 bits per heavy atom. The first-order valence-corrected chi connectivity index (χ1v) is 6.34. The zero-order valence-corrected chi connectivity index (χ0v) is 10.5. The van der Waals surface area contributed by atoms with Gasteiger partial charge in [-0.2, -0.15) is 0 Å². The predicted octanol–water partition coefficient (Wildman–Crippen LogP) is 1.80. The first-order chi connectivity index (χ1) is 7.54. The van der Waals surface area contributed by atoms with E-state index in [2.05, 4.69) is 4.98 Å². The van der Waals surface area contributed by atoms with E-state index in [0.29, 0.717) is 16.6 Å². The molecule has 0 unspecified atom stereocenters. The lowest BCUT2D eigenvalue weighted by Crippen LogP contribution is -2.06. The van der Waals surface area contributed by atoms with Crippen molar-refractivity contribution in [2.24, 2.45) is 0 Å². The van der Waals surface area contributed by atoms with E-state index in [1.807, 2.05) is 0 Å². The van der Waals surface area contributed by atoms with Gasteiger partial charge in [0.1, 0.15) is 4.88 Å². The lowest BCUT2D eigenvalue weighted by atomic mass is 10.4. The van der Waals surface area contributed by atoms with E-state index in [9.17, 15) is 9.59 Å². The highest BCUT2D eigenvalue weighted by molar-refractivity contribution is 8.01. The largest absolute Gasteiger partial charge is 0.477 e. The van der Waals surface area contributed by atoms with E-state index >= 15 is 0 Å². The van der Waals surface area contributed by atoms with Crippen LogP contribution in [0, 0.1) is 6.92 Å². The van der Waals surface area contributed by atoms with E-state index in [4.69, 9.17) is 9.84 Å². The molecule has 0 spiro atoms. The fourth-order valence-corrected chi connectivity index (χ4v) is 2.78. The third-order valence-corrected chi connectivity index (χ3v) is 3.85. The summed E-state index contributed by atoms with van der Waals surface area (Å²) < 4.78 is 5.32. The molecule has 0 aliphatic carbocycles. The average Bonchev–Trinajstić information content (AvgIpc) is 2.57. The Morgan fingerprint density at radius 1 is 1.56 bits per heavy atom. The number of thiazole rings is 1. The molecular formula is C9H11NO4S2. The van der Waals surface area contributed by atoms with Crippen molar-refractivity contribution in [2.45, 2.75) is 18.2 Å². The summed E-state index contributed by atoms with van der Waals surface area (Å²) in [6.45, 7) is 3.71. The molecule has 0 atom stereocenters. The fraction of sp³-hybridized carbons (Fsp3) is 0.444. The molecule has 7 heteroatoms. The molecule has 1 heterocycles. The van der Waals surface area contributed by atoms with Crippen molar-refractivity contribution in [3.8, 4) is 0 Å². The average molecular weight is 261 g/mol. The van der Waals surface area contributed by atoms with Gasteiger partial charge < -0.3 is 9.84 Å². The van der Waals surface area contributed by atoms with Crippen LogP contribution in [0.1, 0.15) is 22.3 Å². The van der Waals surface area contributed by atoms with Crippen LogP contribution in [0.2, 0.25) is 0 Å². The van der Waals surface area contributed by atoms with Crippen LogP contribution in [0.25, 0.3) is 0 Å². The SMILES string of the molecule is CCOC(=O)CSc1nc(C)c(C(=O)O)s1. The topological polar surface area (TPSA) is 76.5 Å². The quantitative estimate of drug-likeness (QED) is 0.643. The first-order valence-electron chi connectivity index (χ1n) is 4.53. The van der Waals surface area contributed by atoms with E-state index in [1.54, 1.807) is 13.8 Å². The number of rotatable bonds is 5. The Balaban J connectivity index is 2.58. The number of carboxylic acids is 1. The minimum absolute atomic E-state index is 0.153. The molecule has 0 amide bonds. The van der Waals surface area contributed by atoms with Gasteiger partial charge in [-0.25, -0.2) is 9.78 Å². The molecular weight excluding hydrogens is 250 g/mol. The number of hydrogen-bond acceptors (Lipinski definition) is 6. The van der Waals surface area contributed by atoms with Gasteiger partial charge in [0.25, 0.3) is 0 Å². The highest BCUT2D eigenvalue weighted by Crippen LogP contribution is 2.27. The molecule has 0 saturated heterocycles. The highest BCUT2D eigenvalue weighted by Gasteiger charge is 2.15. The van der Waals surface area contributed by atoms with Crippen molar-refractivity contribution in [1.82, 2.24) is 4.98 Å². The molecule has 88 valence electrons. The molecule has 16 heavy (non-hydrogen) atoms. The third-order valence-electron chi connectivity index (χ3n) is 1.59. The molecule has 1 aromatic heterocycles. The van der Waals surface area contributed by atoms with Crippen molar-refractivity contribution in [1.29, 1.82) is 0 Å². The maximum Gasteiger partial charge on any atom is 0.347 e. The van der Waals surface area contributed by atoms with Gasteiger partial charge in [-0.3, -0.25) is 4.79 Å². The molecule has 0 aliphatic rings. The molecule has 0 radical (unpaired) electrons. The van der Waals surface area contributed by atoms with Crippen LogP contribution in [0.4, 0.5) is 0 Å². The van der Waals surface area contributed by atoms with Crippen molar-refractivity contribution in [3.63, 3.8) is 0 Å². The zero-order chi connectivity index (χ0) is 12.1. The number of hydrogen-bond donors (Lipinski definition) is 1. The van der Waals surface area contributed by atoms with Crippen LogP contribution < -0.4 is 0 Å². The number of nitrogens with zero attached hydrogens (tertiary/aromatic N) is 1. The number of aromatic nitrogens is 1. The Morgan fingerprint density at radius 2 is 2.25 bits per heavy atom. The van der Waals surface area contributed by atoms with Crippen molar-refractivity contribution in [2.75, 3.05) is 12.4 Å². The number of esters is 1. The van der Waals surface area contributed by atoms with Gasteiger partial charge in [0.05, 0.1) is 18.1 Å². The normalized spacial score (nSPS) is 10.1. The molecule has 0 fully saturated rings. The molecule has 0 aliphatic heterocycles. The Labute approximate surface area is 101 Å². The Bertz CT molecular complexity index is 402. The van der Waals surface area contributed by atoms with Crippen molar-refractivity contribution >= 4 is 35.0 Å². The monoisotopic (exact) mass is 261 g/mol. The molecule has 5 nitrogen and oxygen atoms in total. The number of carbonyl (C=O) groups is 2. The summed E-state index contributed by atoms with van der Waals surface area (Å²) >= 11 is 2.26. The maximum atomic E-state index is 11.1. The summed E-state index contributed by atoms with van der Waals surface area (Å²) in [7, 11) is 0. The molecule has 0 bridgehead atoms. The Kier molecular flexibility index (Phi) is 4.75. The molecule has 1 N–H and O–H groups in total. The number of thioether (sulfide) groups is 1. The van der Waals surface area contributed by atoms with Gasteiger partial charge in [-0.15, -0.1) is 11.3 Å². The molecule has 0 aromatic carbocycles. The van der Waals surface area contributed by atoms with E-state index in [0.717, 1.165) is 11.3 Å². The van der Waals surface area contributed by atoms with E-state index in [1.165, 1.54) is 11.8 Å².